The van der Waals surface area contributed by atoms with Gasteiger partial charge in [0.15, 0.2) is 0 Å². The number of carboxylic acid groups (broad SMARTS) is 1. The van der Waals surface area contributed by atoms with E-state index < -0.39 is 11.6 Å². The van der Waals surface area contributed by atoms with E-state index in [4.69, 9.17) is 9.84 Å². The van der Waals surface area contributed by atoms with E-state index in [-0.39, 0.29) is 17.9 Å². The minimum atomic E-state index is -0.792. The lowest BCUT2D eigenvalue weighted by atomic mass is 9.93. The summed E-state index contributed by atoms with van der Waals surface area (Å²) in [5, 5.41) is 8.92. The van der Waals surface area contributed by atoms with Crippen molar-refractivity contribution in [1.29, 1.82) is 0 Å². The van der Waals surface area contributed by atoms with Crippen molar-refractivity contribution < 1.29 is 19.4 Å². The van der Waals surface area contributed by atoms with E-state index in [1.54, 1.807) is 11.9 Å². The van der Waals surface area contributed by atoms with Crippen molar-refractivity contribution in [2.45, 2.75) is 45.3 Å². The van der Waals surface area contributed by atoms with Crippen LogP contribution in [-0.2, 0) is 14.3 Å². The Morgan fingerprint density at radius 2 is 1.88 bits per heavy atom. The molecule has 2 atom stereocenters. The summed E-state index contributed by atoms with van der Waals surface area (Å²) in [6, 6.07) is -0.315. The lowest BCUT2D eigenvalue weighted by Gasteiger charge is -2.35. The fourth-order valence-electron chi connectivity index (χ4n) is 2.01. The van der Waals surface area contributed by atoms with Gasteiger partial charge in [0.2, 0.25) is 0 Å². The number of piperidine rings is 1. The molecule has 98 valence electrons. The molecule has 0 aromatic carbocycles. The molecular formula is C12H21NO4. The Bertz CT molecular complexity index is 308. The minimum absolute atomic E-state index is 0.260. The normalized spacial score (nSPS) is 26.6. The molecule has 1 aliphatic rings. The molecule has 5 nitrogen and oxygen atoms in total. The molecule has 5 heteroatoms. The second kappa shape index (κ2) is 5.04. The molecular weight excluding hydrogens is 222 g/mol. The highest BCUT2D eigenvalue weighted by atomic mass is 16.6. The first-order valence-corrected chi connectivity index (χ1v) is 5.86. The minimum Gasteiger partial charge on any atom is -0.481 e. The Hall–Kier alpha value is -1.10. The van der Waals surface area contributed by atoms with E-state index in [0.717, 1.165) is 0 Å². The number of likely N-dealkylation sites (tertiary alicyclic amines) is 1. The number of hydrogen-bond donors (Lipinski definition) is 1. The van der Waals surface area contributed by atoms with Gasteiger partial charge in [0.25, 0.3) is 0 Å². The Kier molecular flexibility index (Phi) is 4.14. The topological polar surface area (TPSA) is 66.8 Å². The van der Waals surface area contributed by atoms with Crippen LogP contribution >= 0.6 is 0 Å². The van der Waals surface area contributed by atoms with Crippen molar-refractivity contribution in [2.75, 3.05) is 13.6 Å². The Balaban J connectivity index is 2.58. The highest BCUT2D eigenvalue weighted by Crippen LogP contribution is 2.23. The van der Waals surface area contributed by atoms with E-state index >= 15 is 0 Å². The van der Waals surface area contributed by atoms with E-state index in [0.29, 0.717) is 19.4 Å². The van der Waals surface area contributed by atoms with E-state index in [2.05, 4.69) is 0 Å². The number of hydrogen-bond acceptors (Lipinski definition) is 4. The molecule has 1 N–H and O–H groups in total. The van der Waals surface area contributed by atoms with Crippen LogP contribution in [-0.4, -0.2) is 47.2 Å². The van der Waals surface area contributed by atoms with Gasteiger partial charge in [0, 0.05) is 6.54 Å². The Morgan fingerprint density at radius 3 is 2.29 bits per heavy atom. The van der Waals surface area contributed by atoms with Crippen LogP contribution in [0.5, 0.6) is 0 Å². The molecule has 0 radical (unpaired) electrons. The van der Waals surface area contributed by atoms with Gasteiger partial charge >= 0.3 is 11.9 Å². The van der Waals surface area contributed by atoms with Crippen LogP contribution in [0.25, 0.3) is 0 Å². The number of rotatable bonds is 2. The van der Waals surface area contributed by atoms with Crippen LogP contribution in [0.3, 0.4) is 0 Å². The van der Waals surface area contributed by atoms with E-state index in [1.807, 2.05) is 20.8 Å². The first-order valence-electron chi connectivity index (χ1n) is 5.86. The van der Waals surface area contributed by atoms with Crippen LogP contribution in [0.2, 0.25) is 0 Å². The molecule has 0 aromatic heterocycles. The number of carboxylic acids is 1. The first-order chi connectivity index (χ1) is 7.70. The molecule has 0 amide bonds. The molecule has 0 bridgehead atoms. The van der Waals surface area contributed by atoms with Crippen molar-refractivity contribution in [3.63, 3.8) is 0 Å². The van der Waals surface area contributed by atoms with E-state index in [1.165, 1.54) is 0 Å². The summed E-state index contributed by atoms with van der Waals surface area (Å²) in [4.78, 5) is 24.5. The largest absolute Gasteiger partial charge is 0.481 e. The second-order valence-corrected chi connectivity index (χ2v) is 5.60. The summed E-state index contributed by atoms with van der Waals surface area (Å²) >= 11 is 0. The van der Waals surface area contributed by atoms with Crippen molar-refractivity contribution in [3.05, 3.63) is 0 Å². The number of aliphatic carboxylic acids is 1. The van der Waals surface area contributed by atoms with Crippen LogP contribution in [0, 0.1) is 5.92 Å². The predicted octanol–water partition coefficient (Wildman–Crippen LogP) is 1.12. The zero-order chi connectivity index (χ0) is 13.2. The fourth-order valence-corrected chi connectivity index (χ4v) is 2.01. The lowest BCUT2D eigenvalue weighted by molar-refractivity contribution is -0.164. The molecule has 1 aliphatic heterocycles. The van der Waals surface area contributed by atoms with Crippen LogP contribution in [0.15, 0.2) is 0 Å². The van der Waals surface area contributed by atoms with Crippen LogP contribution in [0.4, 0.5) is 0 Å². The summed E-state index contributed by atoms with van der Waals surface area (Å²) in [6.07, 6.45) is 1.08. The quantitative estimate of drug-likeness (QED) is 0.736. The smallest absolute Gasteiger partial charge is 0.323 e. The molecule has 0 aromatic rings. The van der Waals surface area contributed by atoms with Gasteiger partial charge in [0.1, 0.15) is 11.6 Å². The van der Waals surface area contributed by atoms with Crippen molar-refractivity contribution in [3.8, 4) is 0 Å². The summed E-state index contributed by atoms with van der Waals surface area (Å²) in [5.74, 6) is -1.43. The molecule has 0 spiro atoms. The van der Waals surface area contributed by atoms with Gasteiger partial charge in [-0.2, -0.15) is 0 Å². The highest BCUT2D eigenvalue weighted by Gasteiger charge is 2.35. The molecule has 1 rings (SSSR count). The maximum atomic E-state index is 11.9. The molecule has 2 unspecified atom stereocenters. The number of carbonyl (C=O) groups excluding carboxylic acids is 1. The van der Waals surface area contributed by atoms with Crippen molar-refractivity contribution in [1.82, 2.24) is 4.90 Å². The Morgan fingerprint density at radius 1 is 1.29 bits per heavy atom. The summed E-state index contributed by atoms with van der Waals surface area (Å²) in [6.45, 7) is 5.88. The SMILES string of the molecule is CN1CC(C(=O)O)CCC1C(=O)OC(C)(C)C. The van der Waals surface area contributed by atoms with Crippen molar-refractivity contribution >= 4 is 11.9 Å². The number of ether oxygens (including phenoxy) is 1. The molecule has 1 saturated heterocycles. The van der Waals surface area contributed by atoms with Crippen molar-refractivity contribution in [2.24, 2.45) is 5.92 Å². The van der Waals surface area contributed by atoms with Gasteiger partial charge < -0.3 is 9.84 Å². The third-order valence-corrected chi connectivity index (χ3v) is 2.86. The third kappa shape index (κ3) is 4.00. The summed E-state index contributed by atoms with van der Waals surface area (Å²) < 4.78 is 5.32. The standard InChI is InChI=1S/C12H21NO4/c1-12(2,3)17-11(16)9-6-5-8(10(14)15)7-13(9)4/h8-9H,5-7H2,1-4H3,(H,14,15). The number of likely N-dealkylation sites (N-methyl/N-ethyl adjacent to an activating group) is 1. The molecule has 17 heavy (non-hydrogen) atoms. The monoisotopic (exact) mass is 243 g/mol. The summed E-state index contributed by atoms with van der Waals surface area (Å²) in [7, 11) is 1.77. The number of carbonyl (C=O) groups is 2. The van der Waals surface area contributed by atoms with Gasteiger partial charge in [-0.25, -0.2) is 0 Å². The second-order valence-electron chi connectivity index (χ2n) is 5.60. The average molecular weight is 243 g/mol. The van der Waals surface area contributed by atoms with Gasteiger partial charge in [-0.3, -0.25) is 14.5 Å². The third-order valence-electron chi connectivity index (χ3n) is 2.86. The van der Waals surface area contributed by atoms with Crippen LogP contribution < -0.4 is 0 Å². The van der Waals surface area contributed by atoms with Crippen LogP contribution in [0.1, 0.15) is 33.6 Å². The molecule has 1 fully saturated rings. The maximum Gasteiger partial charge on any atom is 0.323 e. The van der Waals surface area contributed by atoms with Gasteiger partial charge in [0.05, 0.1) is 5.92 Å². The molecule has 0 aliphatic carbocycles. The van der Waals surface area contributed by atoms with E-state index in [9.17, 15) is 9.59 Å². The van der Waals surface area contributed by atoms with Gasteiger partial charge in [-0.05, 0) is 40.7 Å². The fraction of sp³-hybridized carbons (Fsp3) is 0.833. The predicted molar refractivity (Wildman–Crippen MR) is 62.6 cm³/mol. The zero-order valence-electron chi connectivity index (χ0n) is 10.9. The average Bonchev–Trinajstić information content (AvgIpc) is 2.14. The molecule has 1 heterocycles. The lowest BCUT2D eigenvalue weighted by Crippen LogP contribution is -2.49. The molecule has 0 saturated carbocycles. The highest BCUT2D eigenvalue weighted by molar-refractivity contribution is 5.77. The Labute approximate surface area is 102 Å². The number of esters is 1. The summed E-state index contributed by atoms with van der Waals surface area (Å²) in [5.41, 5.74) is -0.498. The number of nitrogens with zero attached hydrogens (tertiary/aromatic N) is 1. The maximum absolute atomic E-state index is 11.9. The van der Waals surface area contributed by atoms with Gasteiger partial charge in [-0.15, -0.1) is 0 Å². The zero-order valence-corrected chi connectivity index (χ0v) is 10.9. The van der Waals surface area contributed by atoms with Gasteiger partial charge in [-0.1, -0.05) is 0 Å². The first kappa shape index (κ1) is 14.0.